The quantitative estimate of drug-likeness (QED) is 0.235. The topological polar surface area (TPSA) is 174 Å². The molecule has 5 rings (SSSR count). The minimum absolute atomic E-state index is 0.0717. The predicted octanol–water partition coefficient (Wildman–Crippen LogP) is 3.34. The van der Waals surface area contributed by atoms with Crippen molar-refractivity contribution in [1.29, 1.82) is 0 Å². The summed E-state index contributed by atoms with van der Waals surface area (Å²) in [6, 6.07) is 16.6. The van der Waals surface area contributed by atoms with Gasteiger partial charge in [-0.25, -0.2) is 26.5 Å². The molecule has 0 saturated carbocycles. The van der Waals surface area contributed by atoms with Crippen molar-refractivity contribution in [3.05, 3.63) is 111 Å². The second-order valence-electron chi connectivity index (χ2n) is 9.63. The van der Waals surface area contributed by atoms with E-state index in [1.165, 1.54) is 42.7 Å². The zero-order valence-corrected chi connectivity index (χ0v) is 24.4. The molecular formula is C28H24ClN5O6S2. The number of H-pyrrole nitrogens is 1. The van der Waals surface area contributed by atoms with Gasteiger partial charge in [0.2, 0.25) is 0 Å². The SMILES string of the molecule is CS(=O)(=O)Cc1cccc(S(=O)(=O)NC(=O)c2c(-c3ccc[nH]c3=O)c3cc(Cl)ccc3n2Cc2ccnc(N)c2)c1. The van der Waals surface area contributed by atoms with Crippen molar-refractivity contribution in [3.63, 3.8) is 0 Å². The Morgan fingerprint density at radius 2 is 1.81 bits per heavy atom. The van der Waals surface area contributed by atoms with Crippen molar-refractivity contribution in [2.75, 3.05) is 12.0 Å². The molecule has 2 aromatic carbocycles. The van der Waals surface area contributed by atoms with E-state index >= 15 is 0 Å². The molecule has 3 aromatic heterocycles. The van der Waals surface area contributed by atoms with E-state index in [9.17, 15) is 26.4 Å². The van der Waals surface area contributed by atoms with Gasteiger partial charge in [-0.15, -0.1) is 0 Å². The lowest BCUT2D eigenvalue weighted by molar-refractivity contribution is 0.0974. The third-order valence-corrected chi connectivity index (χ3v) is 8.80. The van der Waals surface area contributed by atoms with Crippen molar-refractivity contribution >= 4 is 54.1 Å². The molecule has 0 aliphatic rings. The van der Waals surface area contributed by atoms with Crippen molar-refractivity contribution in [3.8, 4) is 11.1 Å². The van der Waals surface area contributed by atoms with E-state index in [1.54, 1.807) is 41.0 Å². The van der Waals surface area contributed by atoms with Gasteiger partial charge in [0.15, 0.2) is 9.84 Å². The molecule has 0 fully saturated rings. The molecule has 4 N–H and O–H groups in total. The van der Waals surface area contributed by atoms with Crippen LogP contribution >= 0.6 is 11.6 Å². The average Bonchev–Trinajstić information content (AvgIpc) is 3.21. The molecule has 42 heavy (non-hydrogen) atoms. The number of carbonyl (C=O) groups is 1. The number of carbonyl (C=O) groups excluding carboxylic acids is 1. The molecule has 0 spiro atoms. The largest absolute Gasteiger partial charge is 0.384 e. The molecule has 0 aliphatic carbocycles. The van der Waals surface area contributed by atoms with E-state index < -0.39 is 31.3 Å². The van der Waals surface area contributed by atoms with Crippen LogP contribution in [0.15, 0.2) is 88.8 Å². The predicted molar refractivity (Wildman–Crippen MR) is 160 cm³/mol. The van der Waals surface area contributed by atoms with E-state index in [4.69, 9.17) is 17.3 Å². The highest BCUT2D eigenvalue weighted by atomic mass is 35.5. The number of nitrogens with zero attached hydrogens (tertiary/aromatic N) is 2. The number of sulfone groups is 1. The summed E-state index contributed by atoms with van der Waals surface area (Å²) in [5.74, 6) is -1.15. The van der Waals surface area contributed by atoms with Crippen LogP contribution in [0.4, 0.5) is 5.82 Å². The Morgan fingerprint density at radius 3 is 2.52 bits per heavy atom. The van der Waals surface area contributed by atoms with Gasteiger partial charge in [-0.05, 0) is 65.7 Å². The van der Waals surface area contributed by atoms with E-state index in [0.29, 0.717) is 21.5 Å². The maximum Gasteiger partial charge on any atom is 0.282 e. The summed E-state index contributed by atoms with van der Waals surface area (Å²) in [5, 5.41) is 0.780. The third-order valence-electron chi connectivity index (χ3n) is 6.38. The Morgan fingerprint density at radius 1 is 1.02 bits per heavy atom. The van der Waals surface area contributed by atoms with Crippen LogP contribution in [0, 0.1) is 0 Å². The van der Waals surface area contributed by atoms with Gasteiger partial charge >= 0.3 is 0 Å². The van der Waals surface area contributed by atoms with Gasteiger partial charge in [0.25, 0.3) is 21.5 Å². The smallest absolute Gasteiger partial charge is 0.282 e. The molecule has 1 amide bonds. The minimum Gasteiger partial charge on any atom is -0.384 e. The Hall–Kier alpha value is -4.46. The number of rotatable bonds is 8. The highest BCUT2D eigenvalue weighted by Gasteiger charge is 2.29. The van der Waals surface area contributed by atoms with Crippen molar-refractivity contribution in [1.82, 2.24) is 19.3 Å². The number of fused-ring (bicyclic) bond motifs is 1. The third kappa shape index (κ3) is 6.08. The summed E-state index contributed by atoms with van der Waals surface area (Å²) < 4.78 is 54.1. The number of benzene rings is 2. The van der Waals surface area contributed by atoms with Crippen molar-refractivity contribution < 1.29 is 21.6 Å². The number of pyridine rings is 2. The highest BCUT2D eigenvalue weighted by Crippen LogP contribution is 2.36. The summed E-state index contributed by atoms with van der Waals surface area (Å²) in [4.78, 5) is 33.3. The lowest BCUT2D eigenvalue weighted by Crippen LogP contribution is -2.33. The second kappa shape index (κ2) is 11.1. The number of aromatic amines is 1. The maximum absolute atomic E-state index is 14.0. The summed E-state index contributed by atoms with van der Waals surface area (Å²) in [7, 11) is -7.93. The monoisotopic (exact) mass is 625 g/mol. The maximum atomic E-state index is 14.0. The van der Waals surface area contributed by atoms with Crippen LogP contribution in [-0.2, 0) is 32.2 Å². The van der Waals surface area contributed by atoms with Crippen LogP contribution in [0.2, 0.25) is 5.02 Å². The number of nitrogens with two attached hydrogens (primary N) is 1. The van der Waals surface area contributed by atoms with Gasteiger partial charge in [-0.3, -0.25) is 9.59 Å². The minimum atomic E-state index is -4.49. The summed E-state index contributed by atoms with van der Waals surface area (Å²) in [6.45, 7) is 0.0717. The number of hydrogen-bond donors (Lipinski definition) is 3. The second-order valence-corrected chi connectivity index (χ2v) is 13.9. The van der Waals surface area contributed by atoms with Crippen LogP contribution in [0.5, 0.6) is 0 Å². The first-order chi connectivity index (χ1) is 19.8. The van der Waals surface area contributed by atoms with Gasteiger partial charge < -0.3 is 15.3 Å². The molecule has 11 nitrogen and oxygen atoms in total. The molecule has 0 atom stereocenters. The molecule has 0 unspecified atom stereocenters. The number of sulfonamides is 1. The van der Waals surface area contributed by atoms with Crippen molar-refractivity contribution in [2.45, 2.75) is 17.2 Å². The fourth-order valence-corrected chi connectivity index (χ4v) is 6.71. The summed E-state index contributed by atoms with van der Waals surface area (Å²) in [6.07, 6.45) is 3.97. The average molecular weight is 626 g/mol. The lowest BCUT2D eigenvalue weighted by atomic mass is 10.0. The Balaban J connectivity index is 1.71. The zero-order valence-electron chi connectivity index (χ0n) is 22.0. The molecule has 0 aliphatic heterocycles. The molecular weight excluding hydrogens is 602 g/mol. The molecule has 0 saturated heterocycles. The van der Waals surface area contributed by atoms with E-state index in [-0.39, 0.29) is 45.4 Å². The van der Waals surface area contributed by atoms with Crippen LogP contribution in [-0.4, -0.2) is 43.5 Å². The normalized spacial score (nSPS) is 12.0. The zero-order chi connectivity index (χ0) is 30.2. The van der Waals surface area contributed by atoms with Gasteiger partial charge in [-0.1, -0.05) is 23.7 Å². The van der Waals surface area contributed by atoms with Gasteiger partial charge in [0.1, 0.15) is 11.5 Å². The first kappa shape index (κ1) is 29.0. The Bertz CT molecular complexity index is 2140. The highest BCUT2D eigenvalue weighted by molar-refractivity contribution is 7.90. The van der Waals surface area contributed by atoms with E-state index in [0.717, 1.165) is 6.26 Å². The van der Waals surface area contributed by atoms with Crippen LogP contribution in [0.3, 0.4) is 0 Å². The number of anilines is 1. The summed E-state index contributed by atoms with van der Waals surface area (Å²) in [5.41, 5.74) is 6.96. The lowest BCUT2D eigenvalue weighted by Gasteiger charge is -2.14. The molecule has 5 aromatic rings. The number of aromatic nitrogens is 3. The Labute approximate surface area is 246 Å². The van der Waals surface area contributed by atoms with Crippen molar-refractivity contribution in [2.24, 2.45) is 0 Å². The molecule has 216 valence electrons. The van der Waals surface area contributed by atoms with Crippen LogP contribution in [0.1, 0.15) is 21.6 Å². The van der Waals surface area contributed by atoms with Crippen LogP contribution < -0.4 is 16.0 Å². The van der Waals surface area contributed by atoms with Gasteiger partial charge in [-0.2, -0.15) is 0 Å². The Kier molecular flexibility index (Phi) is 7.66. The number of hydrogen-bond acceptors (Lipinski definition) is 8. The summed E-state index contributed by atoms with van der Waals surface area (Å²) >= 11 is 6.33. The first-order valence-corrected chi connectivity index (χ1v) is 16.3. The number of nitrogen functional groups attached to an aromatic ring is 1. The number of nitrogens with one attached hydrogen (secondary N) is 2. The molecule has 3 heterocycles. The van der Waals surface area contributed by atoms with Gasteiger partial charge in [0, 0.05) is 52.2 Å². The fourth-order valence-electron chi connectivity index (χ4n) is 4.73. The molecule has 0 radical (unpaired) electrons. The standard InChI is InChI=1S/C28H24ClN5O6S2/c1-41(37,38)16-18-4-2-5-20(12-18)42(39,40)33-28(36)26-25(21-6-3-10-32-27(21)35)22-14-19(29)7-8-23(22)34(26)15-17-9-11-31-24(30)13-17/h2-14H,15-16H2,1H3,(H2,30,31)(H,32,35)(H,33,36). The number of halogens is 1. The van der Waals surface area contributed by atoms with Crippen LogP contribution in [0.25, 0.3) is 22.0 Å². The van der Waals surface area contributed by atoms with Gasteiger partial charge in [0.05, 0.1) is 10.6 Å². The number of amides is 1. The van der Waals surface area contributed by atoms with E-state index in [1.807, 2.05) is 0 Å². The van der Waals surface area contributed by atoms with E-state index in [2.05, 4.69) is 14.7 Å². The first-order valence-electron chi connectivity index (χ1n) is 12.4. The molecule has 14 heteroatoms. The fraction of sp³-hybridized carbons (Fsp3) is 0.107. The molecule has 0 bridgehead atoms.